The number of amides is 1. The number of hydrogen-bond donors (Lipinski definition) is 3. The first kappa shape index (κ1) is 12.9. The van der Waals surface area contributed by atoms with Crippen LogP contribution in [-0.2, 0) is 9.59 Å². The lowest BCUT2D eigenvalue weighted by Crippen LogP contribution is -2.48. The van der Waals surface area contributed by atoms with Gasteiger partial charge in [0.15, 0.2) is 0 Å². The molecule has 92 valence electrons. The zero-order valence-corrected chi connectivity index (χ0v) is 9.30. The van der Waals surface area contributed by atoms with Gasteiger partial charge in [-0.15, -0.1) is 0 Å². The van der Waals surface area contributed by atoms with Crippen LogP contribution in [0, 0.1) is 0 Å². The molecule has 1 aliphatic rings. The number of hydrogen-bond acceptors (Lipinski definition) is 4. The lowest BCUT2D eigenvalue weighted by atomic mass is 10.1. The van der Waals surface area contributed by atoms with E-state index in [9.17, 15) is 14.7 Å². The summed E-state index contributed by atoms with van der Waals surface area (Å²) < 4.78 is 0. The smallest absolute Gasteiger partial charge is 0.326 e. The zero-order chi connectivity index (χ0) is 12.3. The van der Waals surface area contributed by atoms with Gasteiger partial charge in [0.2, 0.25) is 5.91 Å². The fourth-order valence-electron chi connectivity index (χ4n) is 1.94. The van der Waals surface area contributed by atoms with Crippen molar-refractivity contribution in [3.8, 4) is 0 Å². The van der Waals surface area contributed by atoms with E-state index in [0.29, 0.717) is 6.42 Å². The molecule has 1 aliphatic heterocycles. The number of carbonyl (C=O) groups is 2. The van der Waals surface area contributed by atoms with Crippen molar-refractivity contribution in [2.75, 3.05) is 6.54 Å². The fraction of sp³-hybridized carbons (Fsp3) is 0.800. The van der Waals surface area contributed by atoms with Crippen LogP contribution in [0.5, 0.6) is 0 Å². The van der Waals surface area contributed by atoms with Gasteiger partial charge in [-0.05, 0) is 6.42 Å². The maximum absolute atomic E-state index is 11.8. The van der Waals surface area contributed by atoms with Gasteiger partial charge in [-0.25, -0.2) is 4.79 Å². The number of nitrogens with zero attached hydrogens (tertiary/aromatic N) is 1. The van der Waals surface area contributed by atoms with Crippen LogP contribution in [0.3, 0.4) is 0 Å². The Balaban J connectivity index is 2.70. The minimum atomic E-state index is -1.09. The first-order valence-corrected chi connectivity index (χ1v) is 5.44. The highest BCUT2D eigenvalue weighted by Crippen LogP contribution is 2.19. The number of likely N-dealkylation sites (tertiary alicyclic amines) is 1. The third kappa shape index (κ3) is 2.70. The predicted molar refractivity (Wildman–Crippen MR) is 56.6 cm³/mol. The average molecular weight is 230 g/mol. The van der Waals surface area contributed by atoms with Crippen molar-refractivity contribution in [3.63, 3.8) is 0 Å². The fourth-order valence-corrected chi connectivity index (χ4v) is 1.94. The summed E-state index contributed by atoms with van der Waals surface area (Å²) in [5.41, 5.74) is 5.65. The topological polar surface area (TPSA) is 104 Å². The second-order valence-corrected chi connectivity index (χ2v) is 4.13. The lowest BCUT2D eigenvalue weighted by Gasteiger charge is -2.24. The number of nitrogens with two attached hydrogens (primary N) is 1. The van der Waals surface area contributed by atoms with Crippen molar-refractivity contribution in [1.82, 2.24) is 4.90 Å². The number of carboxylic acids is 1. The normalized spacial score (nSPS) is 26.8. The number of aliphatic carboxylic acids is 1. The molecule has 1 amide bonds. The number of rotatable bonds is 4. The van der Waals surface area contributed by atoms with E-state index in [-0.39, 0.29) is 18.9 Å². The molecule has 0 aromatic carbocycles. The largest absolute Gasteiger partial charge is 0.480 e. The summed E-state index contributed by atoms with van der Waals surface area (Å²) in [6.07, 6.45) is 0.609. The predicted octanol–water partition coefficient (Wildman–Crippen LogP) is -0.840. The Labute approximate surface area is 94.0 Å². The quantitative estimate of drug-likeness (QED) is 0.584. The Hall–Kier alpha value is -1.14. The van der Waals surface area contributed by atoms with Crippen molar-refractivity contribution in [2.24, 2.45) is 5.73 Å². The maximum atomic E-state index is 11.8. The van der Waals surface area contributed by atoms with Crippen LogP contribution in [0.15, 0.2) is 0 Å². The van der Waals surface area contributed by atoms with E-state index in [1.807, 2.05) is 6.92 Å². The van der Waals surface area contributed by atoms with Gasteiger partial charge in [0.1, 0.15) is 6.04 Å². The van der Waals surface area contributed by atoms with Crippen LogP contribution in [0.1, 0.15) is 26.2 Å². The van der Waals surface area contributed by atoms with Gasteiger partial charge in [-0.2, -0.15) is 0 Å². The summed E-state index contributed by atoms with van der Waals surface area (Å²) in [5, 5.41) is 18.3. The van der Waals surface area contributed by atoms with Gasteiger partial charge in [0, 0.05) is 13.0 Å². The summed E-state index contributed by atoms with van der Waals surface area (Å²) in [5.74, 6) is -1.47. The lowest BCUT2D eigenvalue weighted by molar-refractivity contribution is -0.148. The number of carboxylic acid groups (broad SMARTS) is 1. The molecule has 1 heterocycles. The molecule has 3 atom stereocenters. The van der Waals surface area contributed by atoms with Gasteiger partial charge in [0.25, 0.3) is 0 Å². The first-order chi connectivity index (χ1) is 7.47. The minimum absolute atomic E-state index is 0.0627. The van der Waals surface area contributed by atoms with E-state index in [0.717, 1.165) is 6.42 Å². The Kier molecular flexibility index (Phi) is 4.26. The third-order valence-electron chi connectivity index (χ3n) is 2.76. The second-order valence-electron chi connectivity index (χ2n) is 4.13. The Morgan fingerprint density at radius 2 is 2.19 bits per heavy atom. The summed E-state index contributed by atoms with van der Waals surface area (Å²) in [7, 11) is 0. The van der Waals surface area contributed by atoms with E-state index in [1.54, 1.807) is 0 Å². The molecule has 0 aliphatic carbocycles. The molecule has 0 aromatic rings. The maximum Gasteiger partial charge on any atom is 0.326 e. The second kappa shape index (κ2) is 5.27. The number of carbonyl (C=O) groups excluding carboxylic acids is 1. The van der Waals surface area contributed by atoms with Crippen molar-refractivity contribution in [2.45, 2.75) is 44.4 Å². The molecule has 0 aromatic heterocycles. The molecule has 1 rings (SSSR count). The number of aliphatic hydroxyl groups excluding tert-OH is 1. The van der Waals surface area contributed by atoms with Gasteiger partial charge in [-0.1, -0.05) is 13.3 Å². The van der Waals surface area contributed by atoms with Crippen LogP contribution >= 0.6 is 0 Å². The van der Waals surface area contributed by atoms with Crippen LogP contribution < -0.4 is 5.73 Å². The van der Waals surface area contributed by atoms with E-state index >= 15 is 0 Å². The first-order valence-electron chi connectivity index (χ1n) is 5.44. The summed E-state index contributed by atoms with van der Waals surface area (Å²) in [6, 6.07) is -1.61. The van der Waals surface area contributed by atoms with Crippen LogP contribution in [0.25, 0.3) is 0 Å². The molecule has 6 heteroatoms. The molecule has 1 saturated heterocycles. The average Bonchev–Trinajstić information content (AvgIpc) is 2.59. The highest BCUT2D eigenvalue weighted by molar-refractivity contribution is 5.87. The van der Waals surface area contributed by atoms with E-state index < -0.39 is 24.2 Å². The molecular formula is C10H18N2O4. The van der Waals surface area contributed by atoms with Gasteiger partial charge >= 0.3 is 5.97 Å². The summed E-state index contributed by atoms with van der Waals surface area (Å²) in [4.78, 5) is 23.9. The standard InChI is InChI=1S/C10H18N2O4/c1-2-3-7(11)9(14)12-5-6(13)4-8(12)10(15)16/h6-8,13H,2-5,11H2,1H3,(H,15,16)/t6-,7?,8+/m1/s1. The third-order valence-corrected chi connectivity index (χ3v) is 2.76. The molecule has 16 heavy (non-hydrogen) atoms. The van der Waals surface area contributed by atoms with E-state index in [4.69, 9.17) is 10.8 Å². The molecule has 4 N–H and O–H groups in total. The van der Waals surface area contributed by atoms with Gasteiger partial charge < -0.3 is 20.8 Å². The number of aliphatic hydroxyl groups is 1. The Morgan fingerprint density at radius 1 is 1.56 bits per heavy atom. The van der Waals surface area contributed by atoms with Crippen LogP contribution in [0.4, 0.5) is 0 Å². The van der Waals surface area contributed by atoms with Crippen LogP contribution in [-0.4, -0.2) is 51.7 Å². The van der Waals surface area contributed by atoms with Crippen molar-refractivity contribution in [3.05, 3.63) is 0 Å². The highest BCUT2D eigenvalue weighted by atomic mass is 16.4. The minimum Gasteiger partial charge on any atom is -0.480 e. The summed E-state index contributed by atoms with van der Waals surface area (Å²) in [6.45, 7) is 1.97. The summed E-state index contributed by atoms with van der Waals surface area (Å²) >= 11 is 0. The van der Waals surface area contributed by atoms with Crippen molar-refractivity contribution >= 4 is 11.9 Å². The zero-order valence-electron chi connectivity index (χ0n) is 9.30. The number of β-amino-alcohol motifs (C(OH)–C–C–N with tert-alkyl or cyclic N) is 1. The molecule has 1 fully saturated rings. The highest BCUT2D eigenvalue weighted by Gasteiger charge is 2.40. The van der Waals surface area contributed by atoms with Gasteiger partial charge in [0.05, 0.1) is 12.1 Å². The molecule has 0 saturated carbocycles. The van der Waals surface area contributed by atoms with Crippen molar-refractivity contribution < 1.29 is 19.8 Å². The molecule has 6 nitrogen and oxygen atoms in total. The van der Waals surface area contributed by atoms with E-state index in [2.05, 4.69) is 0 Å². The van der Waals surface area contributed by atoms with Gasteiger partial charge in [-0.3, -0.25) is 4.79 Å². The molecule has 0 radical (unpaired) electrons. The monoisotopic (exact) mass is 230 g/mol. The molecule has 0 bridgehead atoms. The molecule has 1 unspecified atom stereocenters. The molecule has 0 spiro atoms. The van der Waals surface area contributed by atoms with Crippen LogP contribution in [0.2, 0.25) is 0 Å². The Morgan fingerprint density at radius 3 is 2.69 bits per heavy atom. The van der Waals surface area contributed by atoms with E-state index in [1.165, 1.54) is 4.90 Å². The molecular weight excluding hydrogens is 212 g/mol. The Bertz CT molecular complexity index is 282. The SMILES string of the molecule is CCCC(N)C(=O)N1C[C@H](O)C[C@H]1C(=O)O. The van der Waals surface area contributed by atoms with Crippen molar-refractivity contribution in [1.29, 1.82) is 0 Å².